The molecule has 10 nitrogen and oxygen atoms in total. The largest absolute Gasteiger partial charge is 0.756 e. The number of carbonyl (C=O) groups excluding carboxylic acids is 2. The zero-order valence-electron chi connectivity index (χ0n) is 36.4. The Morgan fingerprint density at radius 1 is 0.632 bits per heavy atom. The van der Waals surface area contributed by atoms with Crippen LogP contribution in [0.1, 0.15) is 149 Å². The lowest BCUT2D eigenvalue weighted by molar-refractivity contribution is -0.870. The lowest BCUT2D eigenvalue weighted by Crippen LogP contribution is -2.37. The number of ether oxygens (including phenoxy) is 2. The molecule has 0 aromatic heterocycles. The second-order valence-electron chi connectivity index (χ2n) is 15.5. The smallest absolute Gasteiger partial charge is 0.306 e. The number of nitrogens with zero attached hydrogens (tertiary/aromatic N) is 1. The summed E-state index contributed by atoms with van der Waals surface area (Å²) < 4.78 is 33.8. The Labute approximate surface area is 347 Å². The Hall–Kier alpha value is -2.59. The van der Waals surface area contributed by atoms with E-state index in [1.807, 2.05) is 39.4 Å². The molecule has 0 heterocycles. The molecule has 0 fully saturated rings. The van der Waals surface area contributed by atoms with Crippen molar-refractivity contribution in [1.82, 2.24) is 0 Å². The van der Waals surface area contributed by atoms with E-state index in [9.17, 15) is 24.2 Å². The minimum atomic E-state index is -4.65. The fourth-order valence-corrected chi connectivity index (χ4v) is 6.01. The highest BCUT2D eigenvalue weighted by molar-refractivity contribution is 7.45. The van der Waals surface area contributed by atoms with Gasteiger partial charge in [0.25, 0.3) is 7.82 Å². The van der Waals surface area contributed by atoms with Crippen LogP contribution in [-0.2, 0) is 32.7 Å². The van der Waals surface area contributed by atoms with Crippen LogP contribution in [0.2, 0.25) is 0 Å². The second-order valence-corrected chi connectivity index (χ2v) is 16.9. The number of carbonyl (C=O) groups is 2. The first-order valence-electron chi connectivity index (χ1n) is 21.7. The number of rotatable bonds is 38. The molecule has 3 atom stereocenters. The van der Waals surface area contributed by atoms with Crippen molar-refractivity contribution in [2.75, 3.05) is 47.5 Å². The van der Waals surface area contributed by atoms with Crippen molar-refractivity contribution < 1.29 is 47.2 Å². The fourth-order valence-electron chi connectivity index (χ4n) is 5.28. The number of aliphatic hydroxyl groups excluding tert-OH is 1. The first kappa shape index (κ1) is 54.4. The van der Waals surface area contributed by atoms with Gasteiger partial charge in [0, 0.05) is 12.8 Å². The average Bonchev–Trinajstić information content (AvgIpc) is 3.16. The number of quaternary nitrogens is 1. The molecule has 0 radical (unpaired) electrons. The van der Waals surface area contributed by atoms with Gasteiger partial charge in [0.05, 0.1) is 33.9 Å². The Balaban J connectivity index is 4.53. The highest BCUT2D eigenvalue weighted by atomic mass is 31.2. The maximum absolute atomic E-state index is 12.7. The van der Waals surface area contributed by atoms with Crippen molar-refractivity contribution >= 4 is 19.8 Å². The number of phosphoric ester groups is 1. The third kappa shape index (κ3) is 41.4. The SMILES string of the molecule is CCCCC/C=C\C/C=C\CCCCCCCC(=O)O[C@H](COC(=O)CCC/C=C\C/C=C\C/C=C\C/C=C\[C@@H](O)CCCC)COP(=O)([O-])OCC[N+](C)(C)C. The van der Waals surface area contributed by atoms with Crippen LogP contribution in [0.5, 0.6) is 0 Å². The predicted molar refractivity (Wildman–Crippen MR) is 232 cm³/mol. The van der Waals surface area contributed by atoms with Gasteiger partial charge in [-0.1, -0.05) is 132 Å². The fraction of sp³-hybridized carbons (Fsp3) is 0.696. The Morgan fingerprint density at radius 2 is 1.14 bits per heavy atom. The van der Waals surface area contributed by atoms with Crippen LogP contribution in [0, 0.1) is 0 Å². The first-order chi connectivity index (χ1) is 27.4. The van der Waals surface area contributed by atoms with Gasteiger partial charge in [-0.15, -0.1) is 0 Å². The van der Waals surface area contributed by atoms with Crippen LogP contribution >= 0.6 is 7.82 Å². The quantitative estimate of drug-likeness (QED) is 0.0213. The van der Waals surface area contributed by atoms with Gasteiger partial charge in [0.15, 0.2) is 6.10 Å². The van der Waals surface area contributed by atoms with Gasteiger partial charge in [-0.05, 0) is 77.0 Å². The standard InChI is InChI=1S/C46H80NO9P/c1-6-8-10-11-12-13-14-15-16-17-22-25-28-31-34-38-46(50)56-44(42-55-57(51,52)54-40-39-47(3,4)5)41-53-45(49)37-33-30-27-24-21-19-18-20-23-26-29-32-36-43(48)35-9-7-2/h12-13,15-16,18-19,23-24,26-27,32,36,43-44,48H,6-11,14,17,20-22,25,28-31,33-35,37-42H2,1-5H3/b13-12-,16-15-,19-18-,26-23-,27-24-,36-32-/t43-,44+/m0/s1. The molecule has 0 spiro atoms. The summed E-state index contributed by atoms with van der Waals surface area (Å²) in [5.41, 5.74) is 0. The normalized spacial score (nSPS) is 14.9. The summed E-state index contributed by atoms with van der Waals surface area (Å²) in [4.78, 5) is 37.5. The van der Waals surface area contributed by atoms with Crippen molar-refractivity contribution in [2.24, 2.45) is 0 Å². The summed E-state index contributed by atoms with van der Waals surface area (Å²) in [5.74, 6) is -0.946. The molecule has 328 valence electrons. The average molecular weight is 822 g/mol. The van der Waals surface area contributed by atoms with E-state index in [1.54, 1.807) is 0 Å². The number of hydrogen-bond acceptors (Lipinski definition) is 9. The summed E-state index contributed by atoms with van der Waals surface area (Å²) in [6.07, 6.45) is 42.7. The number of phosphoric acid groups is 1. The van der Waals surface area contributed by atoms with Crippen molar-refractivity contribution in [3.05, 3.63) is 72.9 Å². The predicted octanol–water partition coefficient (Wildman–Crippen LogP) is 10.6. The number of esters is 2. The summed E-state index contributed by atoms with van der Waals surface area (Å²) in [6.45, 7) is 3.93. The summed E-state index contributed by atoms with van der Waals surface area (Å²) in [6, 6.07) is 0. The first-order valence-corrected chi connectivity index (χ1v) is 23.2. The van der Waals surface area contributed by atoms with Crippen molar-refractivity contribution in [3.63, 3.8) is 0 Å². The minimum absolute atomic E-state index is 0.0526. The van der Waals surface area contributed by atoms with Crippen molar-refractivity contribution in [2.45, 2.75) is 161 Å². The van der Waals surface area contributed by atoms with Gasteiger partial charge >= 0.3 is 11.9 Å². The molecule has 0 aromatic rings. The lowest BCUT2D eigenvalue weighted by Gasteiger charge is -2.28. The van der Waals surface area contributed by atoms with E-state index < -0.39 is 32.5 Å². The van der Waals surface area contributed by atoms with Gasteiger partial charge in [-0.2, -0.15) is 0 Å². The molecule has 0 saturated carbocycles. The van der Waals surface area contributed by atoms with E-state index in [1.165, 1.54) is 19.3 Å². The van der Waals surface area contributed by atoms with Gasteiger partial charge < -0.3 is 33.0 Å². The van der Waals surface area contributed by atoms with E-state index in [-0.39, 0.29) is 32.2 Å². The number of aliphatic hydroxyl groups is 1. The van der Waals surface area contributed by atoms with Crippen LogP contribution in [-0.4, -0.2) is 81.2 Å². The second kappa shape index (κ2) is 37.7. The zero-order valence-corrected chi connectivity index (χ0v) is 37.3. The molecule has 0 bridgehead atoms. The minimum Gasteiger partial charge on any atom is -0.756 e. The third-order valence-corrected chi connectivity index (χ3v) is 9.73. The van der Waals surface area contributed by atoms with E-state index in [4.69, 9.17) is 18.5 Å². The molecular formula is C46H80NO9P. The molecule has 0 aromatic carbocycles. The van der Waals surface area contributed by atoms with Crippen LogP contribution in [0.3, 0.4) is 0 Å². The summed E-state index contributed by atoms with van der Waals surface area (Å²) in [5, 5.41) is 9.82. The maximum Gasteiger partial charge on any atom is 0.306 e. The number of hydrogen-bond donors (Lipinski definition) is 1. The number of allylic oxidation sites excluding steroid dienone is 11. The highest BCUT2D eigenvalue weighted by Gasteiger charge is 2.21. The van der Waals surface area contributed by atoms with E-state index >= 15 is 0 Å². The summed E-state index contributed by atoms with van der Waals surface area (Å²) in [7, 11) is 1.09. The monoisotopic (exact) mass is 822 g/mol. The molecule has 0 aliphatic carbocycles. The van der Waals surface area contributed by atoms with Crippen LogP contribution in [0.25, 0.3) is 0 Å². The molecule has 57 heavy (non-hydrogen) atoms. The Kier molecular flexibility index (Phi) is 36.0. The number of likely N-dealkylation sites (N-methyl/N-ethyl adjacent to an activating group) is 1. The Morgan fingerprint density at radius 3 is 1.74 bits per heavy atom. The van der Waals surface area contributed by atoms with Gasteiger partial charge in [0.2, 0.25) is 0 Å². The lowest BCUT2D eigenvalue weighted by atomic mass is 10.1. The van der Waals surface area contributed by atoms with Crippen LogP contribution in [0.15, 0.2) is 72.9 Å². The molecule has 1 unspecified atom stereocenters. The van der Waals surface area contributed by atoms with Crippen LogP contribution in [0.4, 0.5) is 0 Å². The van der Waals surface area contributed by atoms with E-state index in [0.717, 1.165) is 83.5 Å². The van der Waals surface area contributed by atoms with E-state index in [2.05, 4.69) is 68.5 Å². The van der Waals surface area contributed by atoms with Crippen molar-refractivity contribution in [3.8, 4) is 0 Å². The molecule has 11 heteroatoms. The molecule has 0 rings (SSSR count). The molecule has 0 amide bonds. The van der Waals surface area contributed by atoms with Crippen molar-refractivity contribution in [1.29, 1.82) is 0 Å². The topological polar surface area (TPSA) is 131 Å². The molecule has 1 N–H and O–H groups in total. The number of unbranched alkanes of at least 4 members (excludes halogenated alkanes) is 10. The molecular weight excluding hydrogens is 741 g/mol. The third-order valence-electron chi connectivity index (χ3n) is 8.77. The maximum atomic E-state index is 12.7. The highest BCUT2D eigenvalue weighted by Crippen LogP contribution is 2.38. The molecule has 0 aliphatic heterocycles. The van der Waals surface area contributed by atoms with Gasteiger partial charge in [0.1, 0.15) is 19.8 Å². The van der Waals surface area contributed by atoms with Crippen LogP contribution < -0.4 is 4.89 Å². The molecule has 0 saturated heterocycles. The Bertz CT molecular complexity index is 1220. The van der Waals surface area contributed by atoms with Gasteiger partial charge in [-0.3, -0.25) is 14.2 Å². The zero-order chi connectivity index (χ0) is 42.3. The molecule has 0 aliphatic rings. The van der Waals surface area contributed by atoms with E-state index in [0.29, 0.717) is 30.3 Å². The van der Waals surface area contributed by atoms with Gasteiger partial charge in [-0.25, -0.2) is 0 Å². The summed E-state index contributed by atoms with van der Waals surface area (Å²) >= 11 is 0.